The van der Waals surface area contributed by atoms with Crippen LogP contribution in [0.15, 0.2) is 30.3 Å². The van der Waals surface area contributed by atoms with Gasteiger partial charge in [0.15, 0.2) is 22.8 Å². The Morgan fingerprint density at radius 2 is 1.95 bits per heavy atom. The first kappa shape index (κ1) is 15.7. The molecule has 22 heavy (non-hydrogen) atoms. The molecule has 7 nitrogen and oxygen atoms in total. The van der Waals surface area contributed by atoms with Crippen LogP contribution in [0.1, 0.15) is 0 Å². The van der Waals surface area contributed by atoms with E-state index in [1.165, 1.54) is 0 Å². The number of aliphatic hydroxyl groups is 4. The molecule has 0 saturated carbocycles. The minimum absolute atomic E-state index is 0.342. The van der Waals surface area contributed by atoms with Crippen LogP contribution in [0, 0.1) is 0 Å². The highest BCUT2D eigenvalue weighted by Crippen LogP contribution is 2.37. The first-order valence-electron chi connectivity index (χ1n) is 6.71. The lowest BCUT2D eigenvalue weighted by Crippen LogP contribution is -2.65. The van der Waals surface area contributed by atoms with Crippen LogP contribution in [-0.4, -0.2) is 61.1 Å². The topological polar surface area (TPSA) is 115 Å². The van der Waals surface area contributed by atoms with Crippen LogP contribution in [-0.2, 0) is 4.74 Å². The average molecular weight is 374 g/mol. The Morgan fingerprint density at radius 3 is 2.64 bits per heavy atom. The minimum Gasteiger partial charge on any atom is -0.469 e. The molecule has 0 radical (unpaired) electrons. The molecule has 120 valence electrons. The Labute approximate surface area is 134 Å². The number of fused-ring (bicyclic) bond motifs is 1. The summed E-state index contributed by atoms with van der Waals surface area (Å²) in [4.78, 5) is 3.02. The molecule has 0 unspecified atom stereocenters. The molecule has 3 rings (SSSR count). The molecule has 1 aromatic carbocycles. The van der Waals surface area contributed by atoms with Crippen molar-refractivity contribution >= 4 is 26.8 Å². The van der Waals surface area contributed by atoms with E-state index in [0.717, 1.165) is 10.9 Å². The lowest BCUT2D eigenvalue weighted by atomic mass is 9.99. The fraction of sp³-hybridized carbons (Fsp3) is 0.429. The lowest BCUT2D eigenvalue weighted by molar-refractivity contribution is -0.291. The van der Waals surface area contributed by atoms with Gasteiger partial charge in [-0.3, -0.25) is 0 Å². The number of benzene rings is 1. The first-order chi connectivity index (χ1) is 10.4. The highest BCUT2D eigenvalue weighted by Gasteiger charge is 2.54. The number of nitrogens with one attached hydrogen (secondary N) is 1. The van der Waals surface area contributed by atoms with Gasteiger partial charge in [0.1, 0.15) is 12.2 Å². The predicted octanol–water partition coefficient (Wildman–Crippen LogP) is 0.0692. The Kier molecular flexibility index (Phi) is 4.15. The third-order valence-corrected chi connectivity index (χ3v) is 4.56. The van der Waals surface area contributed by atoms with Crippen molar-refractivity contribution in [1.29, 1.82) is 0 Å². The van der Waals surface area contributed by atoms with Gasteiger partial charge in [0, 0.05) is 17.0 Å². The molecule has 2 heterocycles. The van der Waals surface area contributed by atoms with Gasteiger partial charge in [-0.15, -0.1) is 0 Å². The van der Waals surface area contributed by atoms with Gasteiger partial charge in [0.2, 0.25) is 0 Å². The van der Waals surface area contributed by atoms with Gasteiger partial charge in [-0.05, 0) is 22.0 Å². The van der Waals surface area contributed by atoms with Gasteiger partial charge in [0.05, 0.1) is 6.61 Å². The number of para-hydroxylation sites is 1. The maximum Gasteiger partial charge on any atom is 0.192 e. The van der Waals surface area contributed by atoms with Gasteiger partial charge in [-0.1, -0.05) is 18.2 Å². The van der Waals surface area contributed by atoms with Crippen molar-refractivity contribution < 1.29 is 29.9 Å². The Bertz CT molecular complexity index is 631. The summed E-state index contributed by atoms with van der Waals surface area (Å²) in [5.41, 5.74) is 0.841. The van der Waals surface area contributed by atoms with Crippen LogP contribution < -0.4 is 4.74 Å². The molecule has 8 heteroatoms. The summed E-state index contributed by atoms with van der Waals surface area (Å²) >= 11 is 3.13. The number of ether oxygens (including phenoxy) is 2. The van der Waals surface area contributed by atoms with Crippen molar-refractivity contribution in [3.8, 4) is 5.88 Å². The van der Waals surface area contributed by atoms with E-state index in [1.54, 1.807) is 6.07 Å². The number of alkyl halides is 1. The number of rotatable bonds is 3. The van der Waals surface area contributed by atoms with Gasteiger partial charge in [-0.25, -0.2) is 0 Å². The van der Waals surface area contributed by atoms with Crippen LogP contribution in [0.2, 0.25) is 0 Å². The summed E-state index contributed by atoms with van der Waals surface area (Å²) in [6, 6.07) is 9.22. The van der Waals surface area contributed by atoms with Crippen molar-refractivity contribution in [2.45, 2.75) is 29.1 Å². The molecule has 1 saturated heterocycles. The van der Waals surface area contributed by atoms with Gasteiger partial charge < -0.3 is 34.9 Å². The molecule has 5 atom stereocenters. The molecule has 2 aromatic rings. The third kappa shape index (κ3) is 2.62. The molecule has 1 aliphatic heterocycles. The second-order valence-electron chi connectivity index (χ2n) is 5.19. The van der Waals surface area contributed by atoms with E-state index in [2.05, 4.69) is 20.9 Å². The quantitative estimate of drug-likeness (QED) is 0.486. The van der Waals surface area contributed by atoms with E-state index >= 15 is 0 Å². The highest BCUT2D eigenvalue weighted by atomic mass is 79.9. The number of aromatic nitrogens is 1. The molecule has 0 spiro atoms. The summed E-state index contributed by atoms with van der Waals surface area (Å²) in [5, 5.41) is 39.9. The number of aromatic amines is 1. The summed E-state index contributed by atoms with van der Waals surface area (Å²) < 4.78 is 9.27. The van der Waals surface area contributed by atoms with E-state index in [-0.39, 0.29) is 0 Å². The monoisotopic (exact) mass is 373 g/mol. The predicted molar refractivity (Wildman–Crippen MR) is 80.6 cm³/mol. The molecule has 0 amide bonds. The molecule has 1 aliphatic rings. The number of hydrogen-bond acceptors (Lipinski definition) is 6. The fourth-order valence-corrected chi connectivity index (χ4v) is 3.03. The Morgan fingerprint density at radius 1 is 1.23 bits per heavy atom. The highest BCUT2D eigenvalue weighted by molar-refractivity contribution is 9.10. The van der Waals surface area contributed by atoms with E-state index < -0.39 is 35.7 Å². The standard InChI is InChI=1S/C14H16BrNO6/c15-14(6-17)12(10(18)11(19)13(20)22-14)21-9-5-7-3-1-2-4-8(7)16-9/h1-5,10-13,16-20H,6H2/t10-,11-,12-,13-,14-/m1/s1. The van der Waals surface area contributed by atoms with Crippen molar-refractivity contribution in [2.24, 2.45) is 0 Å². The number of halogens is 1. The van der Waals surface area contributed by atoms with Crippen LogP contribution in [0.4, 0.5) is 0 Å². The lowest BCUT2D eigenvalue weighted by Gasteiger charge is -2.44. The van der Waals surface area contributed by atoms with Crippen molar-refractivity contribution in [1.82, 2.24) is 4.98 Å². The maximum absolute atomic E-state index is 10.1. The van der Waals surface area contributed by atoms with Gasteiger partial charge in [0.25, 0.3) is 0 Å². The number of H-pyrrole nitrogens is 1. The number of hydrogen-bond donors (Lipinski definition) is 5. The SMILES string of the molecule is OC[C@@]1(Br)O[C@@H](O)[C@H](O)[C@@H](O)[C@H]1Oc1cc2ccccc2[nH]1. The zero-order valence-electron chi connectivity index (χ0n) is 11.4. The van der Waals surface area contributed by atoms with Crippen LogP contribution in [0.3, 0.4) is 0 Å². The maximum atomic E-state index is 10.1. The average Bonchev–Trinajstić information content (AvgIpc) is 2.92. The smallest absolute Gasteiger partial charge is 0.192 e. The molecule has 1 fully saturated rings. The largest absolute Gasteiger partial charge is 0.469 e. The van der Waals surface area contributed by atoms with E-state index in [0.29, 0.717) is 5.88 Å². The zero-order chi connectivity index (χ0) is 15.9. The second kappa shape index (κ2) is 5.80. The molecule has 0 aliphatic carbocycles. The van der Waals surface area contributed by atoms with E-state index in [4.69, 9.17) is 9.47 Å². The molecule has 1 aromatic heterocycles. The normalized spacial score (nSPS) is 35.7. The Balaban J connectivity index is 1.90. The minimum atomic E-state index is -1.64. The van der Waals surface area contributed by atoms with E-state index in [1.807, 2.05) is 24.3 Å². The zero-order valence-corrected chi connectivity index (χ0v) is 13.0. The molecular weight excluding hydrogens is 358 g/mol. The Hall–Kier alpha value is -1.16. The molecule has 5 N–H and O–H groups in total. The van der Waals surface area contributed by atoms with Crippen LogP contribution >= 0.6 is 15.9 Å². The summed E-state index contributed by atoms with van der Waals surface area (Å²) in [6.07, 6.45) is -5.78. The molecule has 0 bridgehead atoms. The second-order valence-corrected chi connectivity index (χ2v) is 6.54. The van der Waals surface area contributed by atoms with Gasteiger partial charge >= 0.3 is 0 Å². The molecular formula is C14H16BrNO6. The van der Waals surface area contributed by atoms with Crippen molar-refractivity contribution in [3.05, 3.63) is 30.3 Å². The van der Waals surface area contributed by atoms with Crippen molar-refractivity contribution in [2.75, 3.05) is 6.61 Å². The van der Waals surface area contributed by atoms with Gasteiger partial charge in [-0.2, -0.15) is 0 Å². The first-order valence-corrected chi connectivity index (χ1v) is 7.50. The fourth-order valence-electron chi connectivity index (χ4n) is 2.47. The van der Waals surface area contributed by atoms with E-state index in [9.17, 15) is 20.4 Å². The van der Waals surface area contributed by atoms with Crippen LogP contribution in [0.5, 0.6) is 5.88 Å². The number of aliphatic hydroxyl groups excluding tert-OH is 4. The summed E-state index contributed by atoms with van der Waals surface area (Å²) in [6.45, 7) is -0.571. The summed E-state index contributed by atoms with van der Waals surface area (Å²) in [5.74, 6) is 0.342. The van der Waals surface area contributed by atoms with Crippen LogP contribution in [0.25, 0.3) is 10.9 Å². The van der Waals surface area contributed by atoms with Crippen molar-refractivity contribution in [3.63, 3.8) is 0 Å². The third-order valence-electron chi connectivity index (χ3n) is 3.67. The summed E-state index contributed by atoms with van der Waals surface area (Å²) in [7, 11) is 0.